The van der Waals surface area contributed by atoms with Crippen LogP contribution in [0.15, 0.2) is 43.0 Å². The molecule has 3 aromatic rings. The van der Waals surface area contributed by atoms with Crippen molar-refractivity contribution in [3.8, 4) is 17.1 Å². The third-order valence-electron chi connectivity index (χ3n) is 6.14. The third-order valence-corrected chi connectivity index (χ3v) is 6.14. The second-order valence-corrected chi connectivity index (χ2v) is 8.45. The second kappa shape index (κ2) is 11.2. The molecule has 0 unspecified atom stereocenters. The van der Waals surface area contributed by atoms with Gasteiger partial charge in [-0.25, -0.2) is 19.9 Å². The van der Waals surface area contributed by atoms with Gasteiger partial charge in [-0.15, -0.1) is 0 Å². The fraction of sp³-hybridized carbons (Fsp3) is 0.400. The maximum absolute atomic E-state index is 13.7. The Balaban J connectivity index is 0.00000380. The number of aryl methyl sites for hydroxylation is 1. The highest BCUT2D eigenvalue weighted by molar-refractivity contribution is 5.98. The Morgan fingerprint density at radius 1 is 1.11 bits per heavy atom. The Morgan fingerprint density at radius 3 is 2.58 bits per heavy atom. The van der Waals surface area contributed by atoms with Gasteiger partial charge in [0, 0.05) is 39.6 Å². The molecule has 4 rings (SSSR count). The number of nitrogens with one attached hydrogen (secondary N) is 1. The van der Waals surface area contributed by atoms with Gasteiger partial charge < -0.3 is 19.7 Å². The lowest BCUT2D eigenvalue weighted by atomic mass is 9.74. The Bertz CT molecular complexity index is 1220. The monoisotopic (exact) mass is 493 g/mol. The Hall–Kier alpha value is -3.99. The van der Waals surface area contributed by atoms with Gasteiger partial charge in [-0.1, -0.05) is 0 Å². The third kappa shape index (κ3) is 5.46. The van der Waals surface area contributed by atoms with Crippen molar-refractivity contribution in [3.63, 3.8) is 0 Å². The van der Waals surface area contributed by atoms with Crippen LogP contribution >= 0.6 is 0 Å². The number of rotatable bonds is 8. The van der Waals surface area contributed by atoms with Gasteiger partial charge in [0.05, 0.1) is 35.8 Å². The summed E-state index contributed by atoms with van der Waals surface area (Å²) in [5.74, 6) is 1.10. The molecular formula is C25H31N7O4. The number of nitrogens with zero attached hydrogens (tertiary/aromatic N) is 6. The molecule has 0 bridgehead atoms. The molecule has 0 radical (unpaired) electrons. The first-order chi connectivity index (χ1) is 17.4. The maximum atomic E-state index is 13.7. The SMILES string of the molecule is CCOc1cncc(-c2ccc(NC(=O)C3(c4ccnc(C)n4)CCN(C(=O)COC)CC3)nc2)n1.[HH]. The van der Waals surface area contributed by atoms with E-state index >= 15 is 0 Å². The maximum Gasteiger partial charge on any atom is 0.248 e. The molecule has 1 aliphatic rings. The zero-order valence-corrected chi connectivity index (χ0v) is 20.6. The summed E-state index contributed by atoms with van der Waals surface area (Å²) in [5, 5.41) is 2.95. The highest BCUT2D eigenvalue weighted by Crippen LogP contribution is 2.36. The lowest BCUT2D eigenvalue weighted by Crippen LogP contribution is -2.52. The van der Waals surface area contributed by atoms with Crippen molar-refractivity contribution in [1.29, 1.82) is 0 Å². The van der Waals surface area contributed by atoms with Crippen molar-refractivity contribution in [2.45, 2.75) is 32.1 Å². The molecule has 0 saturated carbocycles. The topological polar surface area (TPSA) is 132 Å². The van der Waals surface area contributed by atoms with Crippen molar-refractivity contribution >= 4 is 17.6 Å². The summed E-state index contributed by atoms with van der Waals surface area (Å²) in [6, 6.07) is 5.30. The van der Waals surface area contributed by atoms with E-state index in [1.165, 1.54) is 7.11 Å². The Kier molecular flexibility index (Phi) is 7.79. The average molecular weight is 494 g/mol. The lowest BCUT2D eigenvalue weighted by Gasteiger charge is -2.40. The number of piperidine rings is 1. The molecule has 0 aromatic carbocycles. The number of hydrogen-bond acceptors (Lipinski definition) is 9. The average Bonchev–Trinajstić information content (AvgIpc) is 2.89. The number of ether oxygens (including phenoxy) is 2. The standard InChI is InChI=1S/C25H29N7O4.H2/c1-4-36-22-15-26-14-19(30-22)18-5-6-21(28-13-18)31-24(34)25(20-7-10-27-17(2)29-20)8-11-32(12-9-25)23(33)16-35-3;/h5-7,10,13-15H,4,8-9,11-12,16H2,1-3H3,(H,28,31,34);1H. The number of anilines is 1. The number of hydrogen-bond donors (Lipinski definition) is 1. The molecule has 2 amide bonds. The summed E-state index contributed by atoms with van der Waals surface area (Å²) >= 11 is 0. The fourth-order valence-corrected chi connectivity index (χ4v) is 4.23. The molecule has 11 heteroatoms. The van der Waals surface area contributed by atoms with E-state index in [0.717, 1.165) is 5.56 Å². The van der Waals surface area contributed by atoms with Crippen molar-refractivity contribution in [3.05, 3.63) is 54.5 Å². The quantitative estimate of drug-likeness (QED) is 0.502. The van der Waals surface area contributed by atoms with E-state index in [0.29, 0.717) is 61.4 Å². The summed E-state index contributed by atoms with van der Waals surface area (Å²) in [6.07, 6.45) is 7.30. The van der Waals surface area contributed by atoms with E-state index in [4.69, 9.17) is 9.47 Å². The minimum absolute atomic E-state index is 0. The summed E-state index contributed by atoms with van der Waals surface area (Å²) in [7, 11) is 1.49. The van der Waals surface area contributed by atoms with Crippen LogP contribution in [0.2, 0.25) is 0 Å². The number of likely N-dealkylation sites (tertiary alicyclic amines) is 1. The molecule has 190 valence electrons. The van der Waals surface area contributed by atoms with Crippen LogP contribution in [0.3, 0.4) is 0 Å². The predicted molar refractivity (Wildman–Crippen MR) is 133 cm³/mol. The molecule has 0 spiro atoms. The molecule has 1 N–H and O–H groups in total. The molecule has 0 atom stereocenters. The van der Waals surface area contributed by atoms with Crippen LogP contribution in [-0.4, -0.2) is 75.0 Å². The zero-order chi connectivity index (χ0) is 25.5. The Labute approximate surface area is 210 Å². The van der Waals surface area contributed by atoms with Gasteiger partial charge in [0.25, 0.3) is 0 Å². The van der Waals surface area contributed by atoms with Crippen LogP contribution in [-0.2, 0) is 19.7 Å². The van der Waals surface area contributed by atoms with Crippen LogP contribution in [0.1, 0.15) is 32.7 Å². The van der Waals surface area contributed by atoms with E-state index in [-0.39, 0.29) is 19.8 Å². The number of pyridine rings is 1. The van der Waals surface area contributed by atoms with Crippen LogP contribution in [0.4, 0.5) is 5.82 Å². The van der Waals surface area contributed by atoms with Gasteiger partial charge >= 0.3 is 0 Å². The molecule has 1 aliphatic heterocycles. The van der Waals surface area contributed by atoms with E-state index in [1.54, 1.807) is 48.7 Å². The second-order valence-electron chi connectivity index (χ2n) is 8.45. The van der Waals surface area contributed by atoms with E-state index < -0.39 is 5.41 Å². The summed E-state index contributed by atoms with van der Waals surface area (Å²) in [5.41, 5.74) is 1.07. The van der Waals surface area contributed by atoms with E-state index in [2.05, 4.69) is 30.2 Å². The van der Waals surface area contributed by atoms with Crippen LogP contribution < -0.4 is 10.1 Å². The molecule has 36 heavy (non-hydrogen) atoms. The Morgan fingerprint density at radius 2 is 1.92 bits per heavy atom. The number of methoxy groups -OCH3 is 1. The van der Waals surface area contributed by atoms with E-state index in [9.17, 15) is 9.59 Å². The molecule has 4 heterocycles. The largest absolute Gasteiger partial charge is 0.477 e. The van der Waals surface area contributed by atoms with Crippen molar-refractivity contribution < 1.29 is 20.5 Å². The minimum Gasteiger partial charge on any atom is -0.477 e. The first-order valence-corrected chi connectivity index (χ1v) is 11.7. The predicted octanol–water partition coefficient (Wildman–Crippen LogP) is 2.43. The number of carbonyl (C=O) groups is 2. The van der Waals surface area contributed by atoms with Gasteiger partial charge in [0.15, 0.2) is 0 Å². The summed E-state index contributed by atoms with van der Waals surface area (Å²) in [4.78, 5) is 49.5. The van der Waals surface area contributed by atoms with Gasteiger partial charge in [0.1, 0.15) is 18.2 Å². The fourth-order valence-electron chi connectivity index (χ4n) is 4.23. The molecule has 1 fully saturated rings. The van der Waals surface area contributed by atoms with Crippen molar-refractivity contribution in [2.24, 2.45) is 0 Å². The minimum atomic E-state index is -0.921. The number of amides is 2. The smallest absolute Gasteiger partial charge is 0.248 e. The van der Waals surface area contributed by atoms with Crippen molar-refractivity contribution in [2.75, 3.05) is 38.7 Å². The van der Waals surface area contributed by atoms with Gasteiger partial charge in [0.2, 0.25) is 17.7 Å². The van der Waals surface area contributed by atoms with Crippen LogP contribution in [0.25, 0.3) is 11.3 Å². The normalized spacial score (nSPS) is 14.8. The van der Waals surface area contributed by atoms with Gasteiger partial charge in [-0.2, -0.15) is 0 Å². The van der Waals surface area contributed by atoms with E-state index in [1.807, 2.05) is 13.0 Å². The first-order valence-electron chi connectivity index (χ1n) is 11.7. The summed E-state index contributed by atoms with van der Waals surface area (Å²) < 4.78 is 10.4. The first kappa shape index (κ1) is 25.1. The molecule has 3 aromatic heterocycles. The zero-order valence-electron chi connectivity index (χ0n) is 20.6. The molecule has 11 nitrogen and oxygen atoms in total. The van der Waals surface area contributed by atoms with Crippen LogP contribution in [0, 0.1) is 6.92 Å². The molecular weight excluding hydrogens is 462 g/mol. The highest BCUT2D eigenvalue weighted by Gasteiger charge is 2.45. The number of aromatic nitrogens is 5. The number of carbonyl (C=O) groups excluding carboxylic acids is 2. The van der Waals surface area contributed by atoms with Crippen molar-refractivity contribution in [1.82, 2.24) is 29.8 Å². The highest BCUT2D eigenvalue weighted by atomic mass is 16.5. The van der Waals surface area contributed by atoms with Gasteiger partial charge in [-0.05, 0) is 44.9 Å². The molecule has 1 saturated heterocycles. The van der Waals surface area contributed by atoms with Gasteiger partial charge in [-0.3, -0.25) is 14.6 Å². The summed E-state index contributed by atoms with van der Waals surface area (Å²) in [6.45, 7) is 5.01. The van der Waals surface area contributed by atoms with Crippen LogP contribution in [0.5, 0.6) is 5.88 Å². The lowest BCUT2D eigenvalue weighted by molar-refractivity contribution is -0.138. The molecule has 0 aliphatic carbocycles.